The lowest BCUT2D eigenvalue weighted by Gasteiger charge is -2.42. The summed E-state index contributed by atoms with van der Waals surface area (Å²) >= 11 is 0. The third-order valence-electron chi connectivity index (χ3n) is 9.69. The monoisotopic (exact) mass is 776 g/mol. The first-order valence-electron chi connectivity index (χ1n) is 20.4. The van der Waals surface area contributed by atoms with E-state index in [-0.39, 0.29) is 19.6 Å². The summed E-state index contributed by atoms with van der Waals surface area (Å²) in [5.74, 6) is -0.395. The van der Waals surface area contributed by atoms with Crippen molar-refractivity contribution >= 4 is 5.97 Å². The van der Waals surface area contributed by atoms with Crippen LogP contribution in [0.2, 0.25) is 0 Å². The van der Waals surface area contributed by atoms with Crippen LogP contribution in [-0.4, -0.2) is 142 Å². The first-order valence-corrected chi connectivity index (χ1v) is 20.4. The predicted octanol–water partition coefficient (Wildman–Crippen LogP) is 3.34. The highest BCUT2D eigenvalue weighted by molar-refractivity contribution is 5.69. The number of carbonyl (C=O) groups is 1. The maximum atomic E-state index is 12.8. The van der Waals surface area contributed by atoms with Gasteiger partial charge in [-0.2, -0.15) is 0 Å². The molecule has 2 aliphatic heterocycles. The molecule has 14 nitrogen and oxygen atoms in total. The summed E-state index contributed by atoms with van der Waals surface area (Å²) in [5.41, 5.74) is 0. The second-order valence-electron chi connectivity index (χ2n) is 14.5. The Morgan fingerprint density at radius 1 is 0.611 bits per heavy atom. The molecule has 2 rings (SSSR count). The van der Waals surface area contributed by atoms with Gasteiger partial charge in [-0.15, -0.1) is 0 Å². The lowest BCUT2D eigenvalue weighted by Crippen LogP contribution is -2.61. The molecule has 0 spiro atoms. The number of aliphatic hydroxyl groups excluding tert-OH is 7. The van der Waals surface area contributed by atoms with Crippen LogP contribution in [0.4, 0.5) is 0 Å². The molecule has 11 atom stereocenters. The smallest absolute Gasteiger partial charge is 0.306 e. The van der Waals surface area contributed by atoms with E-state index in [9.17, 15) is 40.5 Å². The normalized spacial score (nSPS) is 29.6. The molecule has 316 valence electrons. The number of unbranched alkanes of at least 4 members (excludes halogenated alkanes) is 12. The van der Waals surface area contributed by atoms with Gasteiger partial charge in [0.15, 0.2) is 12.6 Å². The molecule has 2 heterocycles. The van der Waals surface area contributed by atoms with Crippen molar-refractivity contribution in [2.24, 2.45) is 0 Å². The van der Waals surface area contributed by atoms with E-state index in [0.29, 0.717) is 13.0 Å². The van der Waals surface area contributed by atoms with E-state index in [1.807, 2.05) is 0 Å². The molecule has 0 saturated carbocycles. The maximum absolute atomic E-state index is 12.8. The standard InChI is InChI=1S/C40H72O14/c1-3-5-7-9-11-12-13-14-15-16-17-19-21-23-32(42)52-29(26-49-24-22-20-18-10-8-6-4-2)27-50-39-38(48)36(46)34(44)31(54-39)28-51-40-37(47)35(45)33(43)30(25-41)53-40/h7,9,12-13,29-31,33-41,43-48H,3-6,8,10-11,14-28H2,1-2H3/b9-7-,13-12-. The quantitative estimate of drug-likeness (QED) is 0.0317. The number of hydrogen-bond acceptors (Lipinski definition) is 14. The Kier molecular flexibility index (Phi) is 26.7. The summed E-state index contributed by atoms with van der Waals surface area (Å²) in [6.07, 6.45) is 9.90. The molecular formula is C40H72O14. The molecule has 11 unspecified atom stereocenters. The van der Waals surface area contributed by atoms with Gasteiger partial charge < -0.3 is 64.2 Å². The van der Waals surface area contributed by atoms with Gasteiger partial charge in [-0.25, -0.2) is 0 Å². The number of allylic oxidation sites excluding steroid dienone is 4. The highest BCUT2D eigenvalue weighted by atomic mass is 16.7. The van der Waals surface area contributed by atoms with Crippen molar-refractivity contribution in [2.75, 3.05) is 33.0 Å². The Labute approximate surface area is 322 Å². The Balaban J connectivity index is 1.85. The molecule has 0 radical (unpaired) electrons. The zero-order valence-electron chi connectivity index (χ0n) is 32.7. The van der Waals surface area contributed by atoms with E-state index in [1.54, 1.807) is 0 Å². The van der Waals surface area contributed by atoms with Crippen LogP contribution >= 0.6 is 0 Å². The number of carbonyl (C=O) groups excluding carboxylic acids is 1. The number of esters is 1. The van der Waals surface area contributed by atoms with Crippen LogP contribution in [0, 0.1) is 0 Å². The first kappa shape index (κ1) is 48.6. The molecule has 2 fully saturated rings. The molecule has 0 amide bonds. The van der Waals surface area contributed by atoms with Crippen molar-refractivity contribution in [2.45, 2.75) is 191 Å². The fourth-order valence-corrected chi connectivity index (χ4v) is 6.26. The minimum Gasteiger partial charge on any atom is -0.457 e. The van der Waals surface area contributed by atoms with E-state index in [0.717, 1.165) is 64.2 Å². The number of rotatable bonds is 30. The number of aliphatic hydroxyl groups is 7. The van der Waals surface area contributed by atoms with Crippen LogP contribution in [0.1, 0.15) is 123 Å². The molecular weight excluding hydrogens is 704 g/mol. The molecule has 0 aromatic rings. The molecule has 2 aliphatic rings. The summed E-state index contributed by atoms with van der Waals surface area (Å²) in [7, 11) is 0. The molecule has 0 aliphatic carbocycles. The topological polar surface area (TPSA) is 214 Å². The molecule has 2 saturated heterocycles. The molecule has 54 heavy (non-hydrogen) atoms. The van der Waals surface area contributed by atoms with Gasteiger partial charge in [-0.05, 0) is 38.5 Å². The van der Waals surface area contributed by atoms with Crippen molar-refractivity contribution in [1.29, 1.82) is 0 Å². The predicted molar refractivity (Wildman–Crippen MR) is 201 cm³/mol. The average Bonchev–Trinajstić information content (AvgIpc) is 3.16. The van der Waals surface area contributed by atoms with Crippen molar-refractivity contribution in [1.82, 2.24) is 0 Å². The minimum absolute atomic E-state index is 0.0567. The third kappa shape index (κ3) is 19.1. The highest BCUT2D eigenvalue weighted by Gasteiger charge is 2.47. The number of ether oxygens (including phenoxy) is 6. The SMILES string of the molecule is CCC/C=C\C/C=C\CCCCCCCC(=O)OC(COCCCCCCCCC)COC1OC(COC2OC(CO)C(O)C(O)C2O)C(O)C(O)C1O. The second kappa shape index (κ2) is 29.7. The summed E-state index contributed by atoms with van der Waals surface area (Å²) in [5, 5.41) is 71.6. The van der Waals surface area contributed by atoms with Crippen molar-refractivity contribution < 1.29 is 69.0 Å². The van der Waals surface area contributed by atoms with E-state index < -0.39 is 86.7 Å². The van der Waals surface area contributed by atoms with Gasteiger partial charge in [0.05, 0.1) is 26.4 Å². The molecule has 14 heteroatoms. The summed E-state index contributed by atoms with van der Waals surface area (Å²) < 4.78 is 33.9. The molecule has 0 aromatic heterocycles. The second-order valence-corrected chi connectivity index (χ2v) is 14.5. The summed E-state index contributed by atoms with van der Waals surface area (Å²) in [6.45, 7) is 3.53. The van der Waals surface area contributed by atoms with Crippen molar-refractivity contribution in [3.8, 4) is 0 Å². The summed E-state index contributed by atoms with van der Waals surface area (Å²) in [6, 6.07) is 0. The zero-order valence-corrected chi connectivity index (χ0v) is 32.7. The minimum atomic E-state index is -1.70. The zero-order chi connectivity index (χ0) is 39.6. The lowest BCUT2D eigenvalue weighted by molar-refractivity contribution is -0.332. The van der Waals surface area contributed by atoms with Crippen LogP contribution in [-0.2, 0) is 33.2 Å². The van der Waals surface area contributed by atoms with Crippen LogP contribution in [0.5, 0.6) is 0 Å². The largest absolute Gasteiger partial charge is 0.457 e. The van der Waals surface area contributed by atoms with Crippen LogP contribution in [0.3, 0.4) is 0 Å². The van der Waals surface area contributed by atoms with Crippen molar-refractivity contribution in [3.05, 3.63) is 24.3 Å². The van der Waals surface area contributed by atoms with E-state index in [4.69, 9.17) is 28.4 Å². The Morgan fingerprint density at radius 2 is 1.19 bits per heavy atom. The van der Waals surface area contributed by atoms with E-state index in [2.05, 4.69) is 38.2 Å². The van der Waals surface area contributed by atoms with Gasteiger partial charge in [0, 0.05) is 13.0 Å². The van der Waals surface area contributed by atoms with Gasteiger partial charge >= 0.3 is 5.97 Å². The number of hydrogen-bond donors (Lipinski definition) is 7. The average molecular weight is 777 g/mol. The van der Waals surface area contributed by atoms with Crippen LogP contribution < -0.4 is 0 Å². The molecule has 0 bridgehead atoms. The first-order chi connectivity index (χ1) is 26.1. The molecule has 7 N–H and O–H groups in total. The Hall–Kier alpha value is -1.53. The Morgan fingerprint density at radius 3 is 1.85 bits per heavy atom. The molecule has 0 aromatic carbocycles. The fraction of sp³-hybridized carbons (Fsp3) is 0.875. The van der Waals surface area contributed by atoms with Gasteiger partial charge in [0.25, 0.3) is 0 Å². The van der Waals surface area contributed by atoms with E-state index >= 15 is 0 Å². The third-order valence-corrected chi connectivity index (χ3v) is 9.69. The fourth-order valence-electron chi connectivity index (χ4n) is 6.26. The van der Waals surface area contributed by atoms with Crippen LogP contribution in [0.15, 0.2) is 24.3 Å². The highest BCUT2D eigenvalue weighted by Crippen LogP contribution is 2.26. The van der Waals surface area contributed by atoms with Gasteiger partial charge in [0.2, 0.25) is 0 Å². The van der Waals surface area contributed by atoms with Crippen LogP contribution in [0.25, 0.3) is 0 Å². The van der Waals surface area contributed by atoms with Gasteiger partial charge in [-0.3, -0.25) is 4.79 Å². The maximum Gasteiger partial charge on any atom is 0.306 e. The summed E-state index contributed by atoms with van der Waals surface area (Å²) in [4.78, 5) is 12.8. The van der Waals surface area contributed by atoms with Gasteiger partial charge in [0.1, 0.15) is 54.9 Å². The van der Waals surface area contributed by atoms with E-state index in [1.165, 1.54) is 32.1 Å². The Bertz CT molecular complexity index is 996. The van der Waals surface area contributed by atoms with Gasteiger partial charge in [-0.1, -0.05) is 102 Å². The lowest BCUT2D eigenvalue weighted by atomic mass is 9.98. The van der Waals surface area contributed by atoms with Crippen molar-refractivity contribution in [3.63, 3.8) is 0 Å².